The molecule has 0 radical (unpaired) electrons. The normalized spacial score (nSPS) is 9.71. The SMILES string of the molecule is CC(C)n1nc(C#CCO)ccc1=O. The van der Waals surface area contributed by atoms with Crippen LogP contribution in [0.3, 0.4) is 0 Å². The topological polar surface area (TPSA) is 55.1 Å². The van der Waals surface area contributed by atoms with Crippen LogP contribution in [0.4, 0.5) is 0 Å². The van der Waals surface area contributed by atoms with E-state index in [0.29, 0.717) is 5.69 Å². The van der Waals surface area contributed by atoms with Crippen LogP contribution in [0.25, 0.3) is 0 Å². The molecule has 1 rings (SSSR count). The fourth-order valence-electron chi connectivity index (χ4n) is 0.992. The smallest absolute Gasteiger partial charge is 0.267 e. The zero-order chi connectivity index (χ0) is 10.6. The Hall–Kier alpha value is -1.60. The number of aliphatic hydroxyl groups excluding tert-OH is 1. The molecule has 0 saturated heterocycles. The second-order valence-corrected chi connectivity index (χ2v) is 3.06. The van der Waals surface area contributed by atoms with Gasteiger partial charge in [0.05, 0.1) is 6.04 Å². The van der Waals surface area contributed by atoms with Crippen molar-refractivity contribution in [1.29, 1.82) is 0 Å². The number of aliphatic hydroxyl groups is 1. The maximum atomic E-state index is 11.3. The van der Waals surface area contributed by atoms with Gasteiger partial charge in [-0.2, -0.15) is 5.10 Å². The molecule has 0 saturated carbocycles. The average molecular weight is 192 g/mol. The Balaban J connectivity index is 3.13. The molecular formula is C10H12N2O2. The van der Waals surface area contributed by atoms with Crippen LogP contribution in [-0.4, -0.2) is 21.5 Å². The molecule has 0 aliphatic carbocycles. The van der Waals surface area contributed by atoms with Crippen molar-refractivity contribution in [3.05, 3.63) is 28.2 Å². The van der Waals surface area contributed by atoms with E-state index in [-0.39, 0.29) is 18.2 Å². The summed E-state index contributed by atoms with van der Waals surface area (Å²) in [7, 11) is 0. The van der Waals surface area contributed by atoms with Crippen LogP contribution in [0.15, 0.2) is 16.9 Å². The van der Waals surface area contributed by atoms with Gasteiger partial charge in [-0.15, -0.1) is 0 Å². The Bertz CT molecular complexity index is 424. The van der Waals surface area contributed by atoms with Crippen molar-refractivity contribution in [3.63, 3.8) is 0 Å². The molecule has 0 spiro atoms. The number of hydrogen-bond donors (Lipinski definition) is 1. The van der Waals surface area contributed by atoms with E-state index in [9.17, 15) is 4.79 Å². The van der Waals surface area contributed by atoms with Gasteiger partial charge in [0.1, 0.15) is 12.3 Å². The molecule has 0 atom stereocenters. The lowest BCUT2D eigenvalue weighted by atomic mass is 10.3. The van der Waals surface area contributed by atoms with E-state index < -0.39 is 0 Å². The summed E-state index contributed by atoms with van der Waals surface area (Å²) in [6.07, 6.45) is 0. The Kier molecular flexibility index (Phi) is 3.43. The van der Waals surface area contributed by atoms with Gasteiger partial charge in [-0.25, -0.2) is 4.68 Å². The highest BCUT2D eigenvalue weighted by Crippen LogP contribution is 1.97. The predicted octanol–water partition coefficient (Wildman–Crippen LogP) is 0.168. The van der Waals surface area contributed by atoms with E-state index in [0.717, 1.165) is 0 Å². The summed E-state index contributed by atoms with van der Waals surface area (Å²) in [6.45, 7) is 3.54. The van der Waals surface area contributed by atoms with Crippen molar-refractivity contribution in [3.8, 4) is 11.8 Å². The van der Waals surface area contributed by atoms with Gasteiger partial charge in [0.2, 0.25) is 0 Å². The molecule has 14 heavy (non-hydrogen) atoms. The van der Waals surface area contributed by atoms with Crippen molar-refractivity contribution in [2.45, 2.75) is 19.9 Å². The monoisotopic (exact) mass is 192 g/mol. The van der Waals surface area contributed by atoms with Gasteiger partial charge in [0.25, 0.3) is 5.56 Å². The molecule has 4 nitrogen and oxygen atoms in total. The maximum absolute atomic E-state index is 11.3. The standard InChI is InChI=1S/C10H12N2O2/c1-8(2)12-10(14)6-5-9(11-12)4-3-7-13/h5-6,8,13H,7H2,1-2H3. The Labute approximate surface area is 82.2 Å². The van der Waals surface area contributed by atoms with E-state index in [2.05, 4.69) is 16.9 Å². The highest BCUT2D eigenvalue weighted by atomic mass is 16.2. The van der Waals surface area contributed by atoms with Crippen LogP contribution in [0, 0.1) is 11.8 Å². The highest BCUT2D eigenvalue weighted by molar-refractivity contribution is 5.25. The first-order valence-electron chi connectivity index (χ1n) is 4.34. The lowest BCUT2D eigenvalue weighted by Crippen LogP contribution is -2.24. The van der Waals surface area contributed by atoms with Crippen molar-refractivity contribution in [2.75, 3.05) is 6.61 Å². The molecule has 1 aromatic rings. The van der Waals surface area contributed by atoms with Crippen LogP contribution in [0.5, 0.6) is 0 Å². The van der Waals surface area contributed by atoms with E-state index in [1.165, 1.54) is 10.7 Å². The fourth-order valence-corrected chi connectivity index (χ4v) is 0.992. The second-order valence-electron chi connectivity index (χ2n) is 3.06. The molecule has 0 aliphatic heterocycles. The van der Waals surface area contributed by atoms with Crippen LogP contribution >= 0.6 is 0 Å². The summed E-state index contributed by atoms with van der Waals surface area (Å²) in [6, 6.07) is 2.98. The summed E-state index contributed by atoms with van der Waals surface area (Å²) < 4.78 is 1.36. The lowest BCUT2D eigenvalue weighted by Gasteiger charge is -2.06. The summed E-state index contributed by atoms with van der Waals surface area (Å²) in [4.78, 5) is 11.3. The van der Waals surface area contributed by atoms with Gasteiger partial charge in [0, 0.05) is 6.07 Å². The molecule has 0 unspecified atom stereocenters. The van der Waals surface area contributed by atoms with Crippen molar-refractivity contribution >= 4 is 0 Å². The van der Waals surface area contributed by atoms with E-state index in [4.69, 9.17) is 5.11 Å². The zero-order valence-corrected chi connectivity index (χ0v) is 8.19. The van der Waals surface area contributed by atoms with Gasteiger partial charge in [0.15, 0.2) is 0 Å². The Morgan fingerprint density at radius 3 is 2.86 bits per heavy atom. The van der Waals surface area contributed by atoms with Gasteiger partial charge < -0.3 is 5.11 Å². The zero-order valence-electron chi connectivity index (χ0n) is 8.19. The van der Waals surface area contributed by atoms with Gasteiger partial charge in [-0.1, -0.05) is 5.92 Å². The predicted molar refractivity (Wildman–Crippen MR) is 52.8 cm³/mol. The summed E-state index contributed by atoms with van der Waals surface area (Å²) >= 11 is 0. The summed E-state index contributed by atoms with van der Waals surface area (Å²) in [5, 5.41) is 12.5. The van der Waals surface area contributed by atoms with E-state index >= 15 is 0 Å². The first kappa shape index (κ1) is 10.5. The molecular weight excluding hydrogens is 180 g/mol. The second kappa shape index (κ2) is 4.58. The van der Waals surface area contributed by atoms with Crippen molar-refractivity contribution in [2.24, 2.45) is 0 Å². The number of rotatable bonds is 1. The molecule has 0 fully saturated rings. The van der Waals surface area contributed by atoms with Crippen molar-refractivity contribution < 1.29 is 5.11 Å². The fraction of sp³-hybridized carbons (Fsp3) is 0.400. The third-order valence-corrected chi connectivity index (χ3v) is 1.61. The van der Waals surface area contributed by atoms with Crippen LogP contribution in [-0.2, 0) is 0 Å². The largest absolute Gasteiger partial charge is 0.384 e. The highest BCUT2D eigenvalue weighted by Gasteiger charge is 2.01. The van der Waals surface area contributed by atoms with Crippen molar-refractivity contribution in [1.82, 2.24) is 9.78 Å². The molecule has 0 aromatic carbocycles. The Morgan fingerprint density at radius 1 is 1.57 bits per heavy atom. The molecule has 0 bridgehead atoms. The first-order valence-corrected chi connectivity index (χ1v) is 4.34. The average Bonchev–Trinajstić information content (AvgIpc) is 2.16. The molecule has 1 aromatic heterocycles. The number of nitrogens with zero attached hydrogens (tertiary/aromatic N) is 2. The molecule has 0 aliphatic rings. The first-order chi connectivity index (χ1) is 6.65. The molecule has 74 valence electrons. The van der Waals surface area contributed by atoms with Crippen LogP contribution in [0.1, 0.15) is 25.6 Å². The minimum Gasteiger partial charge on any atom is -0.384 e. The van der Waals surface area contributed by atoms with Crippen LogP contribution in [0.2, 0.25) is 0 Å². The third-order valence-electron chi connectivity index (χ3n) is 1.61. The maximum Gasteiger partial charge on any atom is 0.267 e. The van der Waals surface area contributed by atoms with E-state index in [1.54, 1.807) is 6.07 Å². The molecule has 1 N–H and O–H groups in total. The molecule has 1 heterocycles. The van der Waals surface area contributed by atoms with Gasteiger partial charge in [-0.3, -0.25) is 4.79 Å². The van der Waals surface area contributed by atoms with Gasteiger partial charge >= 0.3 is 0 Å². The molecule has 0 amide bonds. The Morgan fingerprint density at radius 2 is 2.29 bits per heavy atom. The van der Waals surface area contributed by atoms with Gasteiger partial charge in [-0.05, 0) is 25.8 Å². The number of aromatic nitrogens is 2. The number of hydrogen-bond acceptors (Lipinski definition) is 3. The summed E-state index contributed by atoms with van der Waals surface area (Å²) in [5.41, 5.74) is 0.349. The summed E-state index contributed by atoms with van der Waals surface area (Å²) in [5.74, 6) is 5.12. The minimum atomic E-state index is -0.206. The lowest BCUT2D eigenvalue weighted by molar-refractivity contribution is 0.350. The van der Waals surface area contributed by atoms with E-state index in [1.807, 2.05) is 13.8 Å². The quantitative estimate of drug-likeness (QED) is 0.645. The third kappa shape index (κ3) is 2.44. The van der Waals surface area contributed by atoms with Crippen LogP contribution < -0.4 is 5.56 Å². The minimum absolute atomic E-state index is 0.0124. The molecule has 4 heteroatoms.